The Balaban J connectivity index is 1.62. The van der Waals surface area contributed by atoms with E-state index in [0.29, 0.717) is 33.2 Å². The highest BCUT2D eigenvalue weighted by atomic mass is 32.2. The number of rotatable bonds is 8. The molecule has 0 fully saturated rings. The summed E-state index contributed by atoms with van der Waals surface area (Å²) in [7, 11) is -0.975. The van der Waals surface area contributed by atoms with E-state index in [1.165, 1.54) is 50.6 Å². The van der Waals surface area contributed by atoms with Gasteiger partial charge in [-0.05, 0) is 48.0 Å². The number of nitrogens with one attached hydrogen (secondary N) is 1. The lowest BCUT2D eigenvalue weighted by molar-refractivity contribution is -0.385. The van der Waals surface area contributed by atoms with Crippen molar-refractivity contribution in [3.8, 4) is 17.2 Å². The molecule has 11 nitrogen and oxygen atoms in total. The van der Waals surface area contributed by atoms with Crippen molar-refractivity contribution in [2.45, 2.75) is 22.5 Å². The number of ether oxygens (including phenoxy) is 3. The van der Waals surface area contributed by atoms with Gasteiger partial charge < -0.3 is 19.5 Å². The lowest BCUT2D eigenvalue weighted by Crippen LogP contribution is -2.18. The number of esters is 1. The summed E-state index contributed by atoms with van der Waals surface area (Å²) in [4.78, 5) is 35.6. The van der Waals surface area contributed by atoms with E-state index in [-0.39, 0.29) is 21.3 Å². The zero-order chi connectivity index (χ0) is 28.3. The van der Waals surface area contributed by atoms with Gasteiger partial charge in [0.2, 0.25) is 5.75 Å². The van der Waals surface area contributed by atoms with Gasteiger partial charge in [0.25, 0.3) is 5.91 Å². The van der Waals surface area contributed by atoms with Crippen molar-refractivity contribution < 1.29 is 37.1 Å². The van der Waals surface area contributed by atoms with Crippen LogP contribution in [-0.2, 0) is 25.2 Å². The zero-order valence-electron chi connectivity index (χ0n) is 20.9. The summed E-state index contributed by atoms with van der Waals surface area (Å²) in [6, 6.07) is 13.3. The molecule has 0 saturated carbocycles. The molecule has 1 amide bonds. The summed E-state index contributed by atoms with van der Waals surface area (Å²) in [6.45, 7) is 1.13. The maximum absolute atomic E-state index is 13.3. The molecule has 3 aromatic rings. The molecule has 13 heteroatoms. The summed E-state index contributed by atoms with van der Waals surface area (Å²) in [5, 5.41) is 14.1. The minimum absolute atomic E-state index is 0.000719. The van der Waals surface area contributed by atoms with Crippen LogP contribution in [0.3, 0.4) is 0 Å². The second kappa shape index (κ2) is 11.2. The Morgan fingerprint density at radius 2 is 1.74 bits per heavy atom. The van der Waals surface area contributed by atoms with Gasteiger partial charge in [-0.2, -0.15) is 0 Å². The minimum Gasteiger partial charge on any atom is -0.496 e. The van der Waals surface area contributed by atoms with Crippen molar-refractivity contribution in [3.05, 3.63) is 80.7 Å². The number of anilines is 1. The molecule has 0 bridgehead atoms. The monoisotopic (exact) mass is 570 g/mol. The number of nitro benzene ring substituents is 1. The van der Waals surface area contributed by atoms with Gasteiger partial charge in [0.1, 0.15) is 11.5 Å². The molecular formula is C26H22N2O9S2. The van der Waals surface area contributed by atoms with E-state index in [0.717, 1.165) is 18.7 Å². The van der Waals surface area contributed by atoms with Gasteiger partial charge in [-0.1, -0.05) is 23.9 Å². The quantitative estimate of drug-likeness (QED) is 0.134. The van der Waals surface area contributed by atoms with Crippen molar-refractivity contribution in [3.63, 3.8) is 0 Å². The molecular weight excluding hydrogens is 548 g/mol. The molecule has 1 aliphatic heterocycles. The largest absolute Gasteiger partial charge is 0.496 e. The molecule has 3 aromatic carbocycles. The van der Waals surface area contributed by atoms with E-state index in [2.05, 4.69) is 5.32 Å². The molecule has 39 heavy (non-hydrogen) atoms. The van der Waals surface area contributed by atoms with E-state index >= 15 is 0 Å². The summed E-state index contributed by atoms with van der Waals surface area (Å²) < 4.78 is 42.0. The predicted molar refractivity (Wildman–Crippen MR) is 144 cm³/mol. The number of fused-ring (bicyclic) bond motifs is 1. The summed E-state index contributed by atoms with van der Waals surface area (Å²) in [6.07, 6.45) is 1.45. The van der Waals surface area contributed by atoms with Crippen LogP contribution in [0, 0.1) is 10.1 Å². The van der Waals surface area contributed by atoms with Gasteiger partial charge in [0, 0.05) is 17.9 Å². The van der Waals surface area contributed by atoms with Crippen LogP contribution in [0.25, 0.3) is 6.08 Å². The molecule has 0 radical (unpaired) electrons. The second-order valence-corrected chi connectivity index (χ2v) is 11.3. The third-order valence-corrected chi connectivity index (χ3v) is 8.34. The molecule has 0 saturated heterocycles. The maximum atomic E-state index is 13.3. The van der Waals surface area contributed by atoms with Crippen LogP contribution < -0.4 is 19.5 Å². The zero-order valence-corrected chi connectivity index (χ0v) is 22.6. The van der Waals surface area contributed by atoms with Crippen LogP contribution in [0.4, 0.5) is 11.4 Å². The molecule has 0 aromatic heterocycles. The number of amides is 1. The van der Waals surface area contributed by atoms with E-state index in [9.17, 15) is 28.1 Å². The average molecular weight is 571 g/mol. The number of nitro groups is 1. The van der Waals surface area contributed by atoms with E-state index < -0.39 is 32.3 Å². The number of benzene rings is 3. The highest BCUT2D eigenvalue weighted by Gasteiger charge is 2.26. The molecule has 1 N–H and O–H groups in total. The van der Waals surface area contributed by atoms with Crippen LogP contribution >= 0.6 is 11.8 Å². The number of carbonyl (C=O) groups is 2. The van der Waals surface area contributed by atoms with Gasteiger partial charge in [-0.25, -0.2) is 8.42 Å². The Kier molecular flexibility index (Phi) is 7.93. The summed E-state index contributed by atoms with van der Waals surface area (Å²) in [5.74, 6) is -1.06. The summed E-state index contributed by atoms with van der Waals surface area (Å²) >= 11 is 1.08. The SMILES string of the molecule is COc1cccc(OC)c1CS(=O)(=O)c1ccc2c(c1)NC(=O)/C(=C\c1ccc(OC(C)=O)c([N+](=O)[O-])c1)S2. The molecule has 1 aliphatic rings. The standard InChI is InChI=1S/C26H22N2O9S2/c1-15(29)37-23-9-7-16(11-20(23)28(31)32)12-25-26(30)27-19-13-17(8-10-24(19)38-25)39(33,34)14-18-21(35-2)5-4-6-22(18)36-3/h4-13H,14H2,1-3H3,(H,27,30)/b25-12+. The van der Waals surface area contributed by atoms with Gasteiger partial charge >= 0.3 is 11.7 Å². The fraction of sp³-hybridized carbons (Fsp3) is 0.154. The third-order valence-electron chi connectivity index (χ3n) is 5.60. The van der Waals surface area contributed by atoms with Crippen molar-refractivity contribution in [1.82, 2.24) is 0 Å². The van der Waals surface area contributed by atoms with E-state index in [1.54, 1.807) is 24.3 Å². The number of thioether (sulfide) groups is 1. The number of sulfone groups is 1. The van der Waals surface area contributed by atoms with E-state index in [4.69, 9.17) is 14.2 Å². The Bertz CT molecular complexity index is 1610. The molecule has 202 valence electrons. The predicted octanol–water partition coefficient (Wildman–Crippen LogP) is 4.60. The summed E-state index contributed by atoms with van der Waals surface area (Å²) in [5.41, 5.74) is 0.593. The second-order valence-electron chi connectivity index (χ2n) is 8.20. The number of hydrogen-bond acceptors (Lipinski definition) is 10. The highest BCUT2D eigenvalue weighted by molar-refractivity contribution is 8.04. The molecule has 1 heterocycles. The van der Waals surface area contributed by atoms with Crippen molar-refractivity contribution >= 4 is 50.9 Å². The van der Waals surface area contributed by atoms with Crippen molar-refractivity contribution in [2.24, 2.45) is 0 Å². The lowest BCUT2D eigenvalue weighted by atomic mass is 10.1. The lowest BCUT2D eigenvalue weighted by Gasteiger charge is -2.20. The van der Waals surface area contributed by atoms with Gasteiger partial charge in [-0.3, -0.25) is 19.7 Å². The maximum Gasteiger partial charge on any atom is 0.312 e. The Labute approximate surface area is 227 Å². The first-order valence-electron chi connectivity index (χ1n) is 11.3. The minimum atomic E-state index is -3.85. The molecule has 0 aliphatic carbocycles. The number of methoxy groups -OCH3 is 2. The van der Waals surface area contributed by atoms with Crippen molar-refractivity contribution in [2.75, 3.05) is 19.5 Å². The number of nitrogens with zero attached hydrogens (tertiary/aromatic N) is 1. The molecule has 4 rings (SSSR count). The van der Waals surface area contributed by atoms with E-state index in [1.807, 2.05) is 0 Å². The van der Waals surface area contributed by atoms with Crippen LogP contribution in [0.15, 0.2) is 69.3 Å². The van der Waals surface area contributed by atoms with Gasteiger partial charge in [0.15, 0.2) is 9.84 Å². The first-order chi connectivity index (χ1) is 18.5. The molecule has 0 spiro atoms. The van der Waals surface area contributed by atoms with Crippen LogP contribution in [-0.4, -0.2) is 39.4 Å². The van der Waals surface area contributed by atoms with Crippen LogP contribution in [0.5, 0.6) is 17.2 Å². The van der Waals surface area contributed by atoms with Gasteiger partial charge in [0.05, 0.1) is 45.9 Å². The molecule has 0 unspecified atom stereocenters. The number of hydrogen-bond donors (Lipinski definition) is 1. The average Bonchev–Trinajstić information content (AvgIpc) is 2.89. The topological polar surface area (TPSA) is 151 Å². The molecule has 0 atom stereocenters. The van der Waals surface area contributed by atoms with Crippen LogP contribution in [0.2, 0.25) is 0 Å². The van der Waals surface area contributed by atoms with Crippen molar-refractivity contribution in [1.29, 1.82) is 0 Å². The first-order valence-corrected chi connectivity index (χ1v) is 13.7. The fourth-order valence-electron chi connectivity index (χ4n) is 3.84. The number of carbonyl (C=O) groups excluding carboxylic acids is 2. The smallest absolute Gasteiger partial charge is 0.312 e. The van der Waals surface area contributed by atoms with Crippen LogP contribution in [0.1, 0.15) is 18.1 Å². The Morgan fingerprint density at radius 3 is 2.36 bits per heavy atom. The first kappa shape index (κ1) is 27.7. The van der Waals surface area contributed by atoms with Gasteiger partial charge in [-0.15, -0.1) is 0 Å². The normalized spacial score (nSPS) is 13.8. The fourth-order valence-corrected chi connectivity index (χ4v) is 6.17. The Morgan fingerprint density at radius 1 is 1.05 bits per heavy atom. The Hall–Kier alpha value is -4.36. The highest BCUT2D eigenvalue weighted by Crippen LogP contribution is 2.41. The third kappa shape index (κ3) is 6.04.